The molecule has 1 aromatic carbocycles. The van der Waals surface area contributed by atoms with E-state index in [2.05, 4.69) is 15.6 Å². The molecule has 5 nitrogen and oxygen atoms in total. The minimum absolute atomic E-state index is 0.125. The van der Waals surface area contributed by atoms with Gasteiger partial charge in [-0.15, -0.1) is 0 Å². The van der Waals surface area contributed by atoms with Gasteiger partial charge in [-0.05, 0) is 49.8 Å². The second-order valence-corrected chi connectivity index (χ2v) is 6.23. The Balaban J connectivity index is 1.39. The summed E-state index contributed by atoms with van der Waals surface area (Å²) in [4.78, 5) is 16.3. The lowest BCUT2D eigenvalue weighted by atomic mass is 10.0. The van der Waals surface area contributed by atoms with E-state index in [-0.39, 0.29) is 6.03 Å². The molecule has 2 amide bonds. The lowest BCUT2D eigenvalue weighted by Crippen LogP contribution is -2.36. The minimum atomic E-state index is -0.125. The first-order valence-electron chi connectivity index (χ1n) is 8.79. The first-order chi connectivity index (χ1) is 11.8. The van der Waals surface area contributed by atoms with Crippen LogP contribution in [0.4, 0.5) is 4.79 Å². The van der Waals surface area contributed by atoms with Gasteiger partial charge in [-0.25, -0.2) is 4.79 Å². The highest BCUT2D eigenvalue weighted by atomic mass is 16.5. The number of carbonyl (C=O) groups is 1. The monoisotopic (exact) mass is 327 g/mol. The fourth-order valence-electron chi connectivity index (χ4n) is 3.11. The second-order valence-electron chi connectivity index (χ2n) is 6.23. The molecule has 2 N–H and O–H groups in total. The standard InChI is InChI=1S/C19H25N3O2/c23-19(21-11-5-7-16-6-3-4-13-24-16)22-14-15-10-12-20-18-9-2-1-8-17(15)18/h1-2,8-10,12,16H,3-7,11,13-14H2,(H2,21,22,23). The number of fused-ring (bicyclic) bond motifs is 1. The van der Waals surface area contributed by atoms with E-state index in [1.54, 1.807) is 6.20 Å². The number of aromatic nitrogens is 1. The fourth-order valence-corrected chi connectivity index (χ4v) is 3.11. The Morgan fingerprint density at radius 2 is 2.12 bits per heavy atom. The predicted octanol–water partition coefficient (Wildman–Crippen LogP) is 3.38. The normalized spacial score (nSPS) is 17.6. The van der Waals surface area contributed by atoms with Gasteiger partial charge in [0.1, 0.15) is 0 Å². The number of carbonyl (C=O) groups excluding carboxylic acids is 1. The number of rotatable bonds is 6. The number of para-hydroxylation sites is 1. The minimum Gasteiger partial charge on any atom is -0.378 e. The van der Waals surface area contributed by atoms with Crippen LogP contribution >= 0.6 is 0 Å². The lowest BCUT2D eigenvalue weighted by molar-refractivity contribution is 0.0103. The van der Waals surface area contributed by atoms with Gasteiger partial charge in [0.05, 0.1) is 11.6 Å². The van der Waals surface area contributed by atoms with E-state index in [1.807, 2.05) is 30.3 Å². The number of ether oxygens (including phenoxy) is 1. The fraction of sp³-hybridized carbons (Fsp3) is 0.474. The zero-order chi connectivity index (χ0) is 16.6. The van der Waals surface area contributed by atoms with Crippen LogP contribution in [-0.4, -0.2) is 30.3 Å². The van der Waals surface area contributed by atoms with Crippen molar-refractivity contribution in [3.05, 3.63) is 42.1 Å². The molecular weight excluding hydrogens is 302 g/mol. The maximum Gasteiger partial charge on any atom is 0.315 e. The molecule has 0 bridgehead atoms. The molecule has 1 fully saturated rings. The summed E-state index contributed by atoms with van der Waals surface area (Å²) in [6.07, 6.45) is 7.74. The van der Waals surface area contributed by atoms with E-state index in [4.69, 9.17) is 4.74 Å². The van der Waals surface area contributed by atoms with Crippen LogP contribution in [0.1, 0.15) is 37.7 Å². The number of hydrogen-bond acceptors (Lipinski definition) is 3. The Morgan fingerprint density at radius 3 is 3.00 bits per heavy atom. The predicted molar refractivity (Wildman–Crippen MR) is 94.8 cm³/mol. The van der Waals surface area contributed by atoms with Gasteiger partial charge in [0, 0.05) is 31.3 Å². The van der Waals surface area contributed by atoms with Crippen LogP contribution in [0.2, 0.25) is 0 Å². The van der Waals surface area contributed by atoms with Crippen molar-refractivity contribution in [2.24, 2.45) is 0 Å². The Labute approximate surface area is 142 Å². The van der Waals surface area contributed by atoms with E-state index in [0.29, 0.717) is 19.2 Å². The van der Waals surface area contributed by atoms with E-state index in [1.165, 1.54) is 12.8 Å². The van der Waals surface area contributed by atoms with E-state index < -0.39 is 0 Å². The molecular formula is C19H25N3O2. The van der Waals surface area contributed by atoms with Crippen molar-refractivity contribution in [3.8, 4) is 0 Å². The largest absolute Gasteiger partial charge is 0.378 e. The molecule has 0 saturated carbocycles. The summed E-state index contributed by atoms with van der Waals surface area (Å²) in [5.41, 5.74) is 2.02. The van der Waals surface area contributed by atoms with Crippen LogP contribution in [0, 0.1) is 0 Å². The summed E-state index contributed by atoms with van der Waals surface area (Å²) in [5, 5.41) is 6.92. The van der Waals surface area contributed by atoms with Crippen molar-refractivity contribution in [1.29, 1.82) is 0 Å². The maximum absolute atomic E-state index is 11.9. The Kier molecular flexibility index (Phi) is 6.01. The quantitative estimate of drug-likeness (QED) is 0.800. The van der Waals surface area contributed by atoms with Crippen LogP contribution in [0.15, 0.2) is 36.5 Å². The third-order valence-corrected chi connectivity index (χ3v) is 4.44. The number of amides is 2. The molecule has 1 unspecified atom stereocenters. The molecule has 1 aromatic heterocycles. The Bertz CT molecular complexity index is 663. The zero-order valence-corrected chi connectivity index (χ0v) is 14.0. The van der Waals surface area contributed by atoms with Crippen molar-refractivity contribution in [2.75, 3.05) is 13.2 Å². The van der Waals surface area contributed by atoms with Crippen molar-refractivity contribution >= 4 is 16.9 Å². The van der Waals surface area contributed by atoms with Gasteiger partial charge in [0.15, 0.2) is 0 Å². The summed E-state index contributed by atoms with van der Waals surface area (Å²) in [6, 6.07) is 9.79. The van der Waals surface area contributed by atoms with Crippen LogP contribution in [0.3, 0.4) is 0 Å². The summed E-state index contributed by atoms with van der Waals surface area (Å²) < 4.78 is 5.70. The van der Waals surface area contributed by atoms with Crippen molar-refractivity contribution in [3.63, 3.8) is 0 Å². The number of benzene rings is 1. The van der Waals surface area contributed by atoms with Crippen LogP contribution in [0.5, 0.6) is 0 Å². The third-order valence-electron chi connectivity index (χ3n) is 4.44. The first kappa shape index (κ1) is 16.7. The summed E-state index contributed by atoms with van der Waals surface area (Å²) in [7, 11) is 0. The average Bonchev–Trinajstić information content (AvgIpc) is 2.64. The molecule has 2 aromatic rings. The number of pyridine rings is 1. The number of hydrogen-bond donors (Lipinski definition) is 2. The Hall–Kier alpha value is -2.14. The van der Waals surface area contributed by atoms with Crippen LogP contribution in [0.25, 0.3) is 10.9 Å². The molecule has 2 heterocycles. The average molecular weight is 327 g/mol. The van der Waals surface area contributed by atoms with Crippen molar-refractivity contribution in [1.82, 2.24) is 15.6 Å². The molecule has 24 heavy (non-hydrogen) atoms. The summed E-state index contributed by atoms with van der Waals surface area (Å²) in [5.74, 6) is 0. The molecule has 0 aliphatic carbocycles. The second kappa shape index (κ2) is 8.64. The number of nitrogens with zero attached hydrogens (tertiary/aromatic N) is 1. The highest BCUT2D eigenvalue weighted by Crippen LogP contribution is 2.17. The highest BCUT2D eigenvalue weighted by molar-refractivity contribution is 5.82. The van der Waals surface area contributed by atoms with Crippen molar-refractivity contribution in [2.45, 2.75) is 44.8 Å². The smallest absolute Gasteiger partial charge is 0.315 e. The van der Waals surface area contributed by atoms with Crippen molar-refractivity contribution < 1.29 is 9.53 Å². The summed E-state index contributed by atoms with van der Waals surface area (Å²) >= 11 is 0. The molecule has 5 heteroatoms. The first-order valence-corrected chi connectivity index (χ1v) is 8.79. The van der Waals surface area contributed by atoms with Gasteiger partial charge < -0.3 is 15.4 Å². The van der Waals surface area contributed by atoms with Gasteiger partial charge in [0.2, 0.25) is 0 Å². The van der Waals surface area contributed by atoms with Gasteiger partial charge in [-0.3, -0.25) is 4.98 Å². The molecule has 1 aliphatic heterocycles. The number of urea groups is 1. The number of nitrogens with one attached hydrogen (secondary N) is 2. The molecule has 0 radical (unpaired) electrons. The van der Waals surface area contributed by atoms with Gasteiger partial charge >= 0.3 is 6.03 Å². The highest BCUT2D eigenvalue weighted by Gasteiger charge is 2.13. The maximum atomic E-state index is 11.9. The zero-order valence-electron chi connectivity index (χ0n) is 14.0. The molecule has 128 valence electrons. The molecule has 1 saturated heterocycles. The third kappa shape index (κ3) is 4.68. The van der Waals surface area contributed by atoms with E-state index in [9.17, 15) is 4.79 Å². The molecule has 1 aliphatic rings. The molecule has 0 spiro atoms. The topological polar surface area (TPSA) is 63.2 Å². The molecule has 3 rings (SSSR count). The van der Waals surface area contributed by atoms with Gasteiger partial charge in [-0.1, -0.05) is 18.2 Å². The lowest BCUT2D eigenvalue weighted by Gasteiger charge is -2.22. The SMILES string of the molecule is O=C(NCCCC1CCCCO1)NCc1ccnc2ccccc12. The van der Waals surface area contributed by atoms with E-state index in [0.717, 1.165) is 42.3 Å². The molecule has 1 atom stereocenters. The van der Waals surface area contributed by atoms with Crippen LogP contribution < -0.4 is 10.6 Å². The Morgan fingerprint density at radius 1 is 1.21 bits per heavy atom. The summed E-state index contributed by atoms with van der Waals surface area (Å²) in [6.45, 7) is 2.07. The van der Waals surface area contributed by atoms with Crippen LogP contribution in [-0.2, 0) is 11.3 Å². The van der Waals surface area contributed by atoms with Gasteiger partial charge in [-0.2, -0.15) is 0 Å². The van der Waals surface area contributed by atoms with E-state index >= 15 is 0 Å². The van der Waals surface area contributed by atoms with Gasteiger partial charge in [0.25, 0.3) is 0 Å².